The van der Waals surface area contributed by atoms with Gasteiger partial charge in [0.25, 0.3) is 5.56 Å². The van der Waals surface area contributed by atoms with Gasteiger partial charge in [0.2, 0.25) is 0 Å². The van der Waals surface area contributed by atoms with Crippen LogP contribution in [0.5, 0.6) is 11.5 Å². The number of ketones is 1. The molecular formula is C23H21NO6S. The lowest BCUT2D eigenvalue weighted by Gasteiger charge is -2.19. The van der Waals surface area contributed by atoms with E-state index in [4.69, 9.17) is 9.47 Å². The summed E-state index contributed by atoms with van der Waals surface area (Å²) in [5.74, 6) is 0.472. The number of rotatable bonds is 4. The molecular weight excluding hydrogens is 418 g/mol. The molecule has 0 unspecified atom stereocenters. The number of carbonyl (C=O) groups is 1. The number of benzene rings is 2. The summed E-state index contributed by atoms with van der Waals surface area (Å²) >= 11 is 0. The topological polar surface area (TPSA) is 91.7 Å². The van der Waals surface area contributed by atoms with Gasteiger partial charge in [-0.3, -0.25) is 9.59 Å². The average Bonchev–Trinajstić information content (AvgIpc) is 3.26. The quantitative estimate of drug-likeness (QED) is 0.486. The number of hydrogen-bond acceptors (Lipinski definition) is 6. The molecule has 2 heterocycles. The van der Waals surface area contributed by atoms with Crippen molar-refractivity contribution in [2.45, 2.75) is 13.0 Å². The Hall–Kier alpha value is -3.13. The zero-order valence-electron chi connectivity index (χ0n) is 17.2. The molecule has 0 amide bonds. The van der Waals surface area contributed by atoms with Crippen LogP contribution in [0.2, 0.25) is 0 Å². The minimum Gasteiger partial charge on any atom is -0.493 e. The fourth-order valence-electron chi connectivity index (χ4n) is 4.83. The summed E-state index contributed by atoms with van der Waals surface area (Å²) in [6, 6.07) is 10.6. The van der Waals surface area contributed by atoms with Gasteiger partial charge in [0.1, 0.15) is 0 Å². The number of ether oxygens (including phenoxy) is 2. The highest BCUT2D eigenvalue weighted by atomic mass is 32.2. The number of carbonyl (C=O) groups excluding carboxylic acids is 1. The Morgan fingerprint density at radius 3 is 2.42 bits per heavy atom. The van der Waals surface area contributed by atoms with Crippen LogP contribution >= 0.6 is 0 Å². The minimum atomic E-state index is -3.11. The van der Waals surface area contributed by atoms with E-state index in [1.54, 1.807) is 28.8 Å². The van der Waals surface area contributed by atoms with Gasteiger partial charge in [-0.1, -0.05) is 24.3 Å². The molecule has 0 N–H and O–H groups in total. The molecule has 1 saturated heterocycles. The molecule has 7 nitrogen and oxygen atoms in total. The van der Waals surface area contributed by atoms with Gasteiger partial charge < -0.3 is 14.0 Å². The molecule has 1 atom stereocenters. The highest BCUT2D eigenvalue weighted by Crippen LogP contribution is 2.43. The summed E-state index contributed by atoms with van der Waals surface area (Å²) in [7, 11) is -0.168. The minimum absolute atomic E-state index is 0.0388. The summed E-state index contributed by atoms with van der Waals surface area (Å²) in [5, 5.41) is 0.775. The van der Waals surface area contributed by atoms with Gasteiger partial charge in [0.05, 0.1) is 42.4 Å². The van der Waals surface area contributed by atoms with Crippen LogP contribution in [0, 0.1) is 5.92 Å². The van der Waals surface area contributed by atoms with E-state index in [0.29, 0.717) is 39.9 Å². The monoisotopic (exact) mass is 439 g/mol. The second-order valence-corrected chi connectivity index (χ2v) is 10.2. The second-order valence-electron chi connectivity index (χ2n) is 8.01. The van der Waals surface area contributed by atoms with Crippen LogP contribution in [0.25, 0.3) is 22.0 Å². The third kappa shape index (κ3) is 2.89. The van der Waals surface area contributed by atoms with Crippen molar-refractivity contribution in [3.05, 3.63) is 57.9 Å². The maximum Gasteiger partial charge on any atom is 0.262 e. The summed E-state index contributed by atoms with van der Waals surface area (Å²) in [6.45, 7) is 0.221. The first kappa shape index (κ1) is 19.8. The van der Waals surface area contributed by atoms with E-state index in [9.17, 15) is 18.0 Å². The molecule has 1 fully saturated rings. The molecule has 5 rings (SSSR count). The van der Waals surface area contributed by atoms with Gasteiger partial charge in [-0.2, -0.15) is 0 Å². The molecule has 3 aromatic rings. The van der Waals surface area contributed by atoms with Gasteiger partial charge in [0, 0.05) is 23.1 Å². The molecule has 8 heteroatoms. The summed E-state index contributed by atoms with van der Waals surface area (Å²) in [4.78, 5) is 27.1. The van der Waals surface area contributed by atoms with Crippen molar-refractivity contribution in [1.82, 2.24) is 4.57 Å². The highest BCUT2D eigenvalue weighted by molar-refractivity contribution is 7.91. The van der Waals surface area contributed by atoms with E-state index in [1.807, 2.05) is 12.1 Å². The SMILES string of the molecule is COc1ccc2c3c(n(C[C@H]4CCS(=O)(=O)C4)c(=O)c2c1OC)-c1ccccc1C3=O. The van der Waals surface area contributed by atoms with E-state index in [0.717, 1.165) is 0 Å². The molecule has 0 bridgehead atoms. The number of fused-ring (bicyclic) bond motifs is 5. The van der Waals surface area contributed by atoms with Crippen molar-refractivity contribution < 1.29 is 22.7 Å². The molecule has 0 radical (unpaired) electrons. The lowest BCUT2D eigenvalue weighted by atomic mass is 10.0. The zero-order chi connectivity index (χ0) is 21.9. The number of nitrogens with zero attached hydrogens (tertiary/aromatic N) is 1. The van der Waals surface area contributed by atoms with Gasteiger partial charge in [-0.25, -0.2) is 8.42 Å². The second kappa shape index (κ2) is 6.95. The lowest BCUT2D eigenvalue weighted by Crippen LogP contribution is -2.27. The largest absolute Gasteiger partial charge is 0.493 e. The Labute approximate surface area is 179 Å². The van der Waals surface area contributed by atoms with Gasteiger partial charge in [-0.05, 0) is 24.5 Å². The summed E-state index contributed by atoms with van der Waals surface area (Å²) in [5.41, 5.74) is 1.90. The van der Waals surface area contributed by atoms with Crippen LogP contribution in [0.3, 0.4) is 0 Å². The number of hydrogen-bond donors (Lipinski definition) is 0. The number of aromatic nitrogens is 1. The molecule has 160 valence electrons. The number of pyridine rings is 1. The third-order valence-corrected chi connectivity index (χ3v) is 8.04. The molecule has 1 aliphatic carbocycles. The predicted molar refractivity (Wildman–Crippen MR) is 117 cm³/mol. The first-order valence-electron chi connectivity index (χ1n) is 10.0. The van der Waals surface area contributed by atoms with Crippen LogP contribution in [0.4, 0.5) is 0 Å². The van der Waals surface area contributed by atoms with E-state index in [2.05, 4.69) is 0 Å². The van der Waals surface area contributed by atoms with Crippen molar-refractivity contribution in [2.24, 2.45) is 5.92 Å². The molecule has 31 heavy (non-hydrogen) atoms. The van der Waals surface area contributed by atoms with Crippen molar-refractivity contribution in [3.63, 3.8) is 0 Å². The van der Waals surface area contributed by atoms with Crippen LogP contribution in [0.15, 0.2) is 41.2 Å². The predicted octanol–water partition coefficient (Wildman–Crippen LogP) is 2.66. The molecule has 0 saturated carbocycles. The summed E-state index contributed by atoms with van der Waals surface area (Å²) < 4.78 is 36.5. The van der Waals surface area contributed by atoms with E-state index >= 15 is 0 Å². The number of sulfone groups is 1. The molecule has 1 aromatic heterocycles. The fourth-order valence-corrected chi connectivity index (χ4v) is 6.68. The third-order valence-electron chi connectivity index (χ3n) is 6.20. The van der Waals surface area contributed by atoms with Crippen LogP contribution in [0.1, 0.15) is 22.3 Å². The van der Waals surface area contributed by atoms with E-state index in [1.165, 1.54) is 14.2 Å². The molecule has 2 aromatic carbocycles. The first-order chi connectivity index (χ1) is 14.9. The van der Waals surface area contributed by atoms with Crippen molar-refractivity contribution in [2.75, 3.05) is 25.7 Å². The average molecular weight is 439 g/mol. The molecule has 0 spiro atoms. The Bertz CT molecular complexity index is 1420. The highest BCUT2D eigenvalue weighted by Gasteiger charge is 2.36. The van der Waals surface area contributed by atoms with Gasteiger partial charge in [0.15, 0.2) is 27.1 Å². The van der Waals surface area contributed by atoms with Crippen molar-refractivity contribution in [1.29, 1.82) is 0 Å². The normalized spacial score (nSPS) is 18.8. The molecule has 2 aliphatic rings. The lowest BCUT2D eigenvalue weighted by molar-refractivity contribution is 0.104. The van der Waals surface area contributed by atoms with E-state index < -0.39 is 9.84 Å². The first-order valence-corrected chi connectivity index (χ1v) is 11.8. The maximum atomic E-state index is 13.8. The van der Waals surface area contributed by atoms with Crippen LogP contribution in [-0.4, -0.2) is 44.5 Å². The molecule has 1 aliphatic heterocycles. The maximum absolute atomic E-state index is 13.8. The Morgan fingerprint density at radius 1 is 1.03 bits per heavy atom. The van der Waals surface area contributed by atoms with E-state index in [-0.39, 0.29) is 46.4 Å². The number of methoxy groups -OCH3 is 2. The van der Waals surface area contributed by atoms with Crippen LogP contribution in [-0.2, 0) is 16.4 Å². The summed E-state index contributed by atoms with van der Waals surface area (Å²) in [6.07, 6.45) is 0.492. The Kier molecular flexibility index (Phi) is 4.44. The van der Waals surface area contributed by atoms with Crippen molar-refractivity contribution >= 4 is 26.4 Å². The van der Waals surface area contributed by atoms with Gasteiger partial charge in [-0.15, -0.1) is 0 Å². The Balaban J connectivity index is 1.86. The van der Waals surface area contributed by atoms with Crippen LogP contribution < -0.4 is 15.0 Å². The standard InChI is InChI=1S/C23H21NO6S/c1-29-17-8-7-16-18-20(14-5-3-4-6-15(14)21(18)25)24(23(26)19(16)22(17)30-2)11-13-9-10-31(27,28)12-13/h3-8,13H,9-12H2,1-2H3/t13-/m1/s1. The van der Waals surface area contributed by atoms with Gasteiger partial charge >= 0.3 is 0 Å². The fraction of sp³-hybridized carbons (Fsp3) is 0.304. The Morgan fingerprint density at radius 2 is 1.77 bits per heavy atom. The smallest absolute Gasteiger partial charge is 0.262 e. The van der Waals surface area contributed by atoms with Crippen molar-refractivity contribution in [3.8, 4) is 22.8 Å². The zero-order valence-corrected chi connectivity index (χ0v) is 18.0.